The molecule has 6 nitrogen and oxygen atoms in total. The van der Waals surface area contributed by atoms with Crippen molar-refractivity contribution in [3.63, 3.8) is 0 Å². The van der Waals surface area contributed by atoms with Crippen molar-refractivity contribution in [3.8, 4) is 0 Å². The molecule has 2 heterocycles. The van der Waals surface area contributed by atoms with E-state index in [2.05, 4.69) is 15.0 Å². The number of nitrogens with zero attached hydrogens (tertiary/aromatic N) is 4. The lowest BCUT2D eigenvalue weighted by Crippen LogP contribution is -2.46. The number of ether oxygens (including phenoxy) is 1. The number of aliphatic hydroxyl groups is 1. The van der Waals surface area contributed by atoms with Gasteiger partial charge in [0.1, 0.15) is 18.5 Å². The van der Waals surface area contributed by atoms with Crippen LogP contribution in [0.4, 0.5) is 4.39 Å². The maximum Gasteiger partial charge on any atom is 0.137 e. The Kier molecular flexibility index (Phi) is 6.49. The lowest BCUT2D eigenvalue weighted by molar-refractivity contribution is -0.00627. The van der Waals surface area contributed by atoms with Crippen LogP contribution >= 0.6 is 0 Å². The number of aliphatic hydroxyl groups excluding tert-OH is 1. The summed E-state index contributed by atoms with van der Waals surface area (Å²) in [7, 11) is 0. The third-order valence-corrected chi connectivity index (χ3v) is 4.58. The van der Waals surface area contributed by atoms with Crippen molar-refractivity contribution in [2.45, 2.75) is 44.6 Å². The zero-order valence-electron chi connectivity index (χ0n) is 14.3. The van der Waals surface area contributed by atoms with Gasteiger partial charge >= 0.3 is 0 Å². The number of likely N-dealkylation sites (tertiary alicyclic amines) is 1. The van der Waals surface area contributed by atoms with Crippen LogP contribution in [0, 0.1) is 5.82 Å². The van der Waals surface area contributed by atoms with E-state index in [1.807, 2.05) is 4.68 Å². The van der Waals surface area contributed by atoms with Crippen molar-refractivity contribution in [1.82, 2.24) is 19.7 Å². The number of aromatic nitrogens is 3. The molecule has 0 spiro atoms. The van der Waals surface area contributed by atoms with Gasteiger partial charge in [-0.1, -0.05) is 24.6 Å². The van der Waals surface area contributed by atoms with E-state index in [1.54, 1.807) is 30.9 Å². The predicted octanol–water partition coefficient (Wildman–Crippen LogP) is 1.85. The fourth-order valence-electron chi connectivity index (χ4n) is 3.29. The minimum Gasteiger partial charge on any atom is -0.389 e. The van der Waals surface area contributed by atoms with E-state index < -0.39 is 6.10 Å². The molecule has 1 saturated heterocycles. The molecule has 7 heteroatoms. The molecular formula is C18H25FN4O2. The molecule has 0 unspecified atom stereocenters. The number of halogens is 1. The van der Waals surface area contributed by atoms with Crippen LogP contribution < -0.4 is 0 Å². The zero-order chi connectivity index (χ0) is 17.5. The maximum absolute atomic E-state index is 13.6. The molecule has 0 aliphatic carbocycles. The summed E-state index contributed by atoms with van der Waals surface area (Å²) in [6.07, 6.45) is 6.08. The van der Waals surface area contributed by atoms with Crippen molar-refractivity contribution in [3.05, 3.63) is 48.3 Å². The van der Waals surface area contributed by atoms with Crippen LogP contribution in [-0.2, 0) is 17.9 Å². The summed E-state index contributed by atoms with van der Waals surface area (Å²) in [5, 5.41) is 14.5. The van der Waals surface area contributed by atoms with Crippen LogP contribution in [0.3, 0.4) is 0 Å². The van der Waals surface area contributed by atoms with Crippen molar-refractivity contribution in [2.75, 3.05) is 19.7 Å². The van der Waals surface area contributed by atoms with Gasteiger partial charge in [-0.3, -0.25) is 9.58 Å². The number of hydrogen-bond donors (Lipinski definition) is 1. The first-order valence-electron chi connectivity index (χ1n) is 8.78. The largest absolute Gasteiger partial charge is 0.389 e. The van der Waals surface area contributed by atoms with Crippen LogP contribution in [0.5, 0.6) is 0 Å². The molecule has 1 aliphatic heterocycles. The molecule has 3 rings (SSSR count). The lowest BCUT2D eigenvalue weighted by Gasteiger charge is -2.36. The van der Waals surface area contributed by atoms with E-state index in [4.69, 9.17) is 4.74 Å². The average Bonchev–Trinajstić information content (AvgIpc) is 3.11. The fraction of sp³-hybridized carbons (Fsp3) is 0.556. The molecule has 136 valence electrons. The molecule has 0 radical (unpaired) electrons. The van der Waals surface area contributed by atoms with Crippen LogP contribution in [0.2, 0.25) is 0 Å². The van der Waals surface area contributed by atoms with E-state index in [-0.39, 0.29) is 19.0 Å². The third kappa shape index (κ3) is 5.32. The highest BCUT2D eigenvalue weighted by Crippen LogP contribution is 2.18. The Labute approximate surface area is 147 Å². The summed E-state index contributed by atoms with van der Waals surface area (Å²) in [5.74, 6) is -0.277. The SMILES string of the molecule is O[C@@H](COCc1ccccc1F)CN1CCCC[C@@H]1Cn1cncn1. The van der Waals surface area contributed by atoms with Crippen LogP contribution in [0.15, 0.2) is 36.9 Å². The van der Waals surface area contributed by atoms with Gasteiger partial charge in [-0.05, 0) is 25.5 Å². The third-order valence-electron chi connectivity index (χ3n) is 4.58. The normalized spacial score (nSPS) is 19.8. The van der Waals surface area contributed by atoms with Crippen LogP contribution in [0.1, 0.15) is 24.8 Å². The number of piperidine rings is 1. The topological polar surface area (TPSA) is 63.4 Å². The number of benzene rings is 1. The standard InChI is InChI=1S/C18H25FN4O2/c19-18-7-2-1-5-15(18)11-25-12-17(24)10-22-8-4-3-6-16(22)9-23-14-20-13-21-23/h1-2,5,7,13-14,16-17,24H,3-4,6,8-12H2/t16-,17-/m1/s1. The fourth-order valence-corrected chi connectivity index (χ4v) is 3.29. The van der Waals surface area contributed by atoms with E-state index in [9.17, 15) is 9.50 Å². The molecule has 25 heavy (non-hydrogen) atoms. The van der Waals surface area contributed by atoms with Gasteiger partial charge in [0.05, 0.1) is 25.9 Å². The van der Waals surface area contributed by atoms with Crippen LogP contribution in [-0.4, -0.2) is 56.6 Å². The van der Waals surface area contributed by atoms with Gasteiger partial charge in [0, 0.05) is 18.2 Å². The van der Waals surface area contributed by atoms with Gasteiger partial charge in [0.2, 0.25) is 0 Å². The minimum atomic E-state index is -0.594. The molecule has 2 aromatic rings. The van der Waals surface area contributed by atoms with Crippen molar-refractivity contribution in [1.29, 1.82) is 0 Å². The van der Waals surface area contributed by atoms with E-state index in [0.717, 1.165) is 25.9 Å². The monoisotopic (exact) mass is 348 g/mol. The number of rotatable bonds is 8. The maximum atomic E-state index is 13.6. The van der Waals surface area contributed by atoms with Gasteiger partial charge in [0.15, 0.2) is 0 Å². The highest BCUT2D eigenvalue weighted by molar-refractivity contribution is 5.16. The van der Waals surface area contributed by atoms with Crippen molar-refractivity contribution < 1.29 is 14.2 Å². The second-order valence-electron chi connectivity index (χ2n) is 6.52. The van der Waals surface area contributed by atoms with Gasteiger partial charge in [-0.15, -0.1) is 0 Å². The summed E-state index contributed by atoms with van der Waals surface area (Å²) < 4.78 is 20.9. The number of hydrogen-bond acceptors (Lipinski definition) is 5. The second kappa shape index (κ2) is 9.03. The lowest BCUT2D eigenvalue weighted by atomic mass is 10.0. The Morgan fingerprint density at radius 3 is 3.00 bits per heavy atom. The van der Waals surface area contributed by atoms with E-state index in [0.29, 0.717) is 18.2 Å². The van der Waals surface area contributed by atoms with E-state index >= 15 is 0 Å². The van der Waals surface area contributed by atoms with Crippen LogP contribution in [0.25, 0.3) is 0 Å². The molecule has 1 aromatic heterocycles. The highest BCUT2D eigenvalue weighted by atomic mass is 19.1. The van der Waals surface area contributed by atoms with Crippen molar-refractivity contribution >= 4 is 0 Å². The molecule has 1 aromatic carbocycles. The molecule has 1 fully saturated rings. The molecular weight excluding hydrogens is 323 g/mol. The first-order valence-corrected chi connectivity index (χ1v) is 8.78. The first kappa shape index (κ1) is 18.0. The Morgan fingerprint density at radius 2 is 2.20 bits per heavy atom. The summed E-state index contributed by atoms with van der Waals surface area (Å²) in [5.41, 5.74) is 0.511. The highest BCUT2D eigenvalue weighted by Gasteiger charge is 2.25. The van der Waals surface area contributed by atoms with Gasteiger partial charge in [-0.2, -0.15) is 5.10 Å². The van der Waals surface area contributed by atoms with E-state index in [1.165, 1.54) is 12.5 Å². The smallest absolute Gasteiger partial charge is 0.137 e. The molecule has 1 N–H and O–H groups in total. The molecule has 1 aliphatic rings. The zero-order valence-corrected chi connectivity index (χ0v) is 14.3. The Morgan fingerprint density at radius 1 is 1.32 bits per heavy atom. The Hall–Kier alpha value is -1.83. The second-order valence-corrected chi connectivity index (χ2v) is 6.52. The summed E-state index contributed by atoms with van der Waals surface area (Å²) in [6.45, 7) is 2.66. The summed E-state index contributed by atoms with van der Waals surface area (Å²) in [4.78, 5) is 6.28. The Bertz CT molecular complexity index is 638. The van der Waals surface area contributed by atoms with Gasteiger partial charge < -0.3 is 9.84 Å². The molecule has 2 atom stereocenters. The van der Waals surface area contributed by atoms with Gasteiger partial charge in [-0.25, -0.2) is 9.37 Å². The molecule has 0 amide bonds. The Balaban J connectivity index is 1.45. The van der Waals surface area contributed by atoms with Gasteiger partial charge in [0.25, 0.3) is 0 Å². The quantitative estimate of drug-likeness (QED) is 0.789. The summed E-state index contributed by atoms with van der Waals surface area (Å²) >= 11 is 0. The summed E-state index contributed by atoms with van der Waals surface area (Å²) in [6, 6.07) is 6.88. The minimum absolute atomic E-state index is 0.173. The molecule has 0 saturated carbocycles. The predicted molar refractivity (Wildman–Crippen MR) is 91.3 cm³/mol. The molecule has 0 bridgehead atoms. The first-order chi connectivity index (χ1) is 12.2. The number of β-amino-alcohol motifs (C(OH)–C–C–N with tert-alkyl or cyclic N) is 1. The average molecular weight is 348 g/mol. The van der Waals surface area contributed by atoms with Crippen molar-refractivity contribution in [2.24, 2.45) is 0 Å².